The highest BCUT2D eigenvalue weighted by molar-refractivity contribution is 7.18. The molecular formula is C19H16ClN3O3S. The van der Waals surface area contributed by atoms with Crippen molar-refractivity contribution in [2.75, 3.05) is 13.1 Å². The largest absolute Gasteiger partial charge is 0.338 e. The summed E-state index contributed by atoms with van der Waals surface area (Å²) in [5.74, 6) is -0.185. The van der Waals surface area contributed by atoms with E-state index >= 15 is 0 Å². The molecule has 1 amide bonds. The number of rotatable bonds is 3. The first kappa shape index (κ1) is 17.9. The van der Waals surface area contributed by atoms with Crippen molar-refractivity contribution in [3.8, 4) is 0 Å². The lowest BCUT2D eigenvalue weighted by atomic mass is 9.97. The van der Waals surface area contributed by atoms with E-state index in [2.05, 4.69) is 0 Å². The predicted octanol–water partition coefficient (Wildman–Crippen LogP) is 4.88. The maximum Gasteiger partial charge on any atom is 0.283 e. The Hall–Kier alpha value is -2.51. The van der Waals surface area contributed by atoms with Gasteiger partial charge in [-0.05, 0) is 37.1 Å². The number of para-hydroxylation sites is 1. The van der Waals surface area contributed by atoms with Gasteiger partial charge in [-0.1, -0.05) is 23.7 Å². The Balaban J connectivity index is 1.59. The van der Waals surface area contributed by atoms with Crippen LogP contribution < -0.4 is 0 Å². The third kappa shape index (κ3) is 3.52. The molecule has 1 saturated heterocycles. The molecule has 1 aromatic heterocycles. The van der Waals surface area contributed by atoms with Gasteiger partial charge in [0.05, 0.1) is 20.1 Å². The molecular weight excluding hydrogens is 386 g/mol. The van der Waals surface area contributed by atoms with Crippen molar-refractivity contribution in [1.82, 2.24) is 9.88 Å². The molecule has 1 atom stereocenters. The first-order valence-corrected chi connectivity index (χ1v) is 9.81. The Morgan fingerprint density at radius 2 is 2.11 bits per heavy atom. The van der Waals surface area contributed by atoms with Gasteiger partial charge >= 0.3 is 0 Å². The molecule has 0 N–H and O–H groups in total. The summed E-state index contributed by atoms with van der Waals surface area (Å²) in [5.41, 5.74) is 0.790. The van der Waals surface area contributed by atoms with Crippen LogP contribution in [0.4, 0.5) is 5.69 Å². The number of amides is 1. The Kier molecular flexibility index (Phi) is 4.80. The molecule has 0 spiro atoms. The van der Waals surface area contributed by atoms with E-state index in [9.17, 15) is 14.9 Å². The van der Waals surface area contributed by atoms with Crippen LogP contribution in [0.15, 0.2) is 42.5 Å². The molecule has 2 aromatic carbocycles. The third-order valence-electron chi connectivity index (χ3n) is 4.76. The summed E-state index contributed by atoms with van der Waals surface area (Å²) in [7, 11) is 0. The zero-order chi connectivity index (χ0) is 19.0. The van der Waals surface area contributed by atoms with Gasteiger partial charge in [0.2, 0.25) is 0 Å². The van der Waals surface area contributed by atoms with Gasteiger partial charge in [-0.2, -0.15) is 0 Å². The van der Waals surface area contributed by atoms with Crippen LogP contribution in [0.5, 0.6) is 0 Å². The van der Waals surface area contributed by atoms with E-state index in [0.29, 0.717) is 13.1 Å². The number of aromatic nitrogens is 1. The first-order valence-electron chi connectivity index (χ1n) is 8.61. The van der Waals surface area contributed by atoms with Crippen molar-refractivity contribution in [1.29, 1.82) is 0 Å². The van der Waals surface area contributed by atoms with Crippen molar-refractivity contribution in [3.05, 3.63) is 68.2 Å². The molecule has 4 rings (SSSR count). The van der Waals surface area contributed by atoms with Crippen LogP contribution >= 0.6 is 22.9 Å². The molecule has 27 heavy (non-hydrogen) atoms. The number of halogens is 1. The van der Waals surface area contributed by atoms with E-state index in [1.807, 2.05) is 24.3 Å². The number of hydrogen-bond acceptors (Lipinski definition) is 5. The normalized spacial score (nSPS) is 17.2. The molecule has 1 aliphatic rings. The van der Waals surface area contributed by atoms with Crippen LogP contribution in [0, 0.1) is 10.1 Å². The van der Waals surface area contributed by atoms with Gasteiger partial charge in [0.1, 0.15) is 5.56 Å². The van der Waals surface area contributed by atoms with E-state index in [1.54, 1.807) is 16.2 Å². The van der Waals surface area contributed by atoms with Crippen LogP contribution in [0.1, 0.15) is 34.1 Å². The lowest BCUT2D eigenvalue weighted by Gasteiger charge is -2.31. The molecule has 1 aliphatic heterocycles. The van der Waals surface area contributed by atoms with E-state index < -0.39 is 4.92 Å². The minimum atomic E-state index is -0.561. The van der Waals surface area contributed by atoms with Gasteiger partial charge in [-0.15, -0.1) is 11.3 Å². The minimum absolute atomic E-state index is 0.0781. The van der Waals surface area contributed by atoms with Crippen molar-refractivity contribution in [2.24, 2.45) is 0 Å². The topological polar surface area (TPSA) is 76.3 Å². The average Bonchev–Trinajstić information content (AvgIpc) is 3.12. The van der Waals surface area contributed by atoms with E-state index in [0.717, 1.165) is 28.1 Å². The highest BCUT2D eigenvalue weighted by Crippen LogP contribution is 2.34. The van der Waals surface area contributed by atoms with E-state index in [-0.39, 0.29) is 28.1 Å². The lowest BCUT2D eigenvalue weighted by Crippen LogP contribution is -2.39. The summed E-state index contributed by atoms with van der Waals surface area (Å²) >= 11 is 7.51. The highest BCUT2D eigenvalue weighted by Gasteiger charge is 2.30. The first-order chi connectivity index (χ1) is 13.0. The molecule has 8 heteroatoms. The summed E-state index contributed by atoms with van der Waals surface area (Å²) in [6, 6.07) is 12.1. The fourth-order valence-electron chi connectivity index (χ4n) is 3.43. The Morgan fingerprint density at radius 3 is 2.89 bits per heavy atom. The molecule has 0 aliphatic carbocycles. The monoisotopic (exact) mass is 401 g/mol. The highest BCUT2D eigenvalue weighted by atomic mass is 35.5. The number of hydrogen-bond donors (Lipinski definition) is 0. The molecule has 0 unspecified atom stereocenters. The maximum atomic E-state index is 12.9. The number of benzene rings is 2. The van der Waals surface area contributed by atoms with Gasteiger partial charge < -0.3 is 4.90 Å². The van der Waals surface area contributed by atoms with Crippen LogP contribution in [0.25, 0.3) is 10.2 Å². The number of carbonyl (C=O) groups excluding carboxylic acids is 1. The summed E-state index contributed by atoms with van der Waals surface area (Å²) in [6.07, 6.45) is 1.79. The van der Waals surface area contributed by atoms with Gasteiger partial charge in [0, 0.05) is 30.1 Å². The van der Waals surface area contributed by atoms with Crippen LogP contribution in [-0.4, -0.2) is 33.8 Å². The van der Waals surface area contributed by atoms with Gasteiger partial charge in [-0.25, -0.2) is 4.98 Å². The van der Waals surface area contributed by atoms with Crippen molar-refractivity contribution in [2.45, 2.75) is 18.8 Å². The third-order valence-corrected chi connectivity index (χ3v) is 6.19. The fraction of sp³-hybridized carbons (Fsp3) is 0.263. The summed E-state index contributed by atoms with van der Waals surface area (Å²) in [6.45, 7) is 1.10. The zero-order valence-electron chi connectivity index (χ0n) is 14.3. The van der Waals surface area contributed by atoms with Gasteiger partial charge in [-0.3, -0.25) is 14.9 Å². The number of nitrogens with zero attached hydrogens (tertiary/aromatic N) is 3. The number of fused-ring (bicyclic) bond motifs is 1. The number of nitro benzene ring substituents is 1. The number of likely N-dealkylation sites (tertiary alicyclic amines) is 1. The Bertz CT molecular complexity index is 1000. The second-order valence-corrected chi connectivity index (χ2v) is 8.03. The van der Waals surface area contributed by atoms with Crippen LogP contribution in [0.2, 0.25) is 5.02 Å². The fourth-order valence-corrected chi connectivity index (χ4v) is 4.69. The quantitative estimate of drug-likeness (QED) is 0.463. The molecule has 0 bridgehead atoms. The number of carbonyl (C=O) groups is 1. The molecule has 0 radical (unpaired) electrons. The predicted molar refractivity (Wildman–Crippen MR) is 106 cm³/mol. The SMILES string of the molecule is O=C(c1ccc(Cl)cc1[N+](=O)[O-])N1CCC[C@H](c2nc3ccccc3s2)C1. The minimum Gasteiger partial charge on any atom is -0.338 e. The number of thiazole rings is 1. The molecule has 138 valence electrons. The lowest BCUT2D eigenvalue weighted by molar-refractivity contribution is -0.385. The average molecular weight is 402 g/mol. The molecule has 0 saturated carbocycles. The zero-order valence-corrected chi connectivity index (χ0v) is 15.9. The van der Waals surface area contributed by atoms with Crippen molar-refractivity contribution < 1.29 is 9.72 Å². The van der Waals surface area contributed by atoms with Crippen LogP contribution in [-0.2, 0) is 0 Å². The standard InChI is InChI=1S/C19H16ClN3O3S/c20-13-7-8-14(16(10-13)23(25)26)19(24)22-9-3-4-12(11-22)18-21-15-5-1-2-6-17(15)27-18/h1-2,5-8,10,12H,3-4,9,11H2/t12-/m0/s1. The maximum absolute atomic E-state index is 12.9. The summed E-state index contributed by atoms with van der Waals surface area (Å²) in [4.78, 5) is 30.1. The molecule has 6 nitrogen and oxygen atoms in total. The Labute approximate surface area is 164 Å². The number of nitro groups is 1. The van der Waals surface area contributed by atoms with Crippen molar-refractivity contribution >= 4 is 44.7 Å². The second-order valence-electron chi connectivity index (χ2n) is 6.53. The second kappa shape index (κ2) is 7.25. The molecule has 2 heterocycles. The summed E-state index contributed by atoms with van der Waals surface area (Å²) in [5, 5.41) is 12.6. The van der Waals surface area contributed by atoms with Gasteiger partial charge in [0.15, 0.2) is 0 Å². The van der Waals surface area contributed by atoms with E-state index in [4.69, 9.17) is 16.6 Å². The molecule has 1 fully saturated rings. The van der Waals surface area contributed by atoms with Gasteiger partial charge in [0.25, 0.3) is 11.6 Å². The van der Waals surface area contributed by atoms with E-state index in [1.165, 1.54) is 18.2 Å². The summed E-state index contributed by atoms with van der Waals surface area (Å²) < 4.78 is 1.13. The smallest absolute Gasteiger partial charge is 0.283 e. The van der Waals surface area contributed by atoms with Crippen molar-refractivity contribution in [3.63, 3.8) is 0 Å². The van der Waals surface area contributed by atoms with Crippen LogP contribution in [0.3, 0.4) is 0 Å². The number of piperidine rings is 1. The molecule has 3 aromatic rings. The Morgan fingerprint density at radius 1 is 1.30 bits per heavy atom.